The Morgan fingerprint density at radius 1 is 1.05 bits per heavy atom. The molecule has 1 saturated heterocycles. The van der Waals surface area contributed by atoms with Crippen LogP contribution in [0.3, 0.4) is 0 Å². The molecule has 2 aliphatic heterocycles. The van der Waals surface area contributed by atoms with Gasteiger partial charge in [0.1, 0.15) is 5.00 Å². The molecule has 2 aromatic rings. The van der Waals surface area contributed by atoms with E-state index in [2.05, 4.69) is 45.3 Å². The summed E-state index contributed by atoms with van der Waals surface area (Å²) in [5, 5.41) is 6.90. The van der Waals surface area contributed by atoms with Crippen LogP contribution in [0.15, 0.2) is 29.2 Å². The average molecular weight is 573 g/mol. The molecule has 1 aliphatic carbocycles. The number of nitrogens with two attached hydrogens (primary N) is 1. The van der Waals surface area contributed by atoms with Crippen molar-refractivity contribution < 1.29 is 18.0 Å². The number of nitrogens with zero attached hydrogens (tertiary/aromatic N) is 1. The maximum absolute atomic E-state index is 13.6. The summed E-state index contributed by atoms with van der Waals surface area (Å²) in [6, 6.07) is 6.06. The smallest absolute Gasteiger partial charge is 0.256 e. The molecule has 8 nitrogen and oxygen atoms in total. The molecule has 2 amide bonds. The van der Waals surface area contributed by atoms with Gasteiger partial charge in [0.25, 0.3) is 11.8 Å². The molecule has 5 rings (SSSR count). The number of benzene rings is 1. The normalized spacial score (nSPS) is 27.1. The first-order valence-electron chi connectivity index (χ1n) is 13.5. The monoisotopic (exact) mass is 572 g/mol. The van der Waals surface area contributed by atoms with Crippen LogP contribution in [0.1, 0.15) is 98.9 Å². The van der Waals surface area contributed by atoms with Gasteiger partial charge in [-0.3, -0.25) is 9.59 Å². The van der Waals surface area contributed by atoms with E-state index in [-0.39, 0.29) is 27.3 Å². The SMILES string of the molecule is CC1(C)CC2CC(C)(CN2S(=O)(=O)c2ccc(C(=O)Nc3sc4c(c3C(N)=O)CC(C)(C)NC4(C)C)cc2)C1. The highest BCUT2D eigenvalue weighted by Crippen LogP contribution is 2.53. The third-order valence-corrected chi connectivity index (χ3v) is 11.8. The van der Waals surface area contributed by atoms with Gasteiger partial charge in [-0.25, -0.2) is 8.42 Å². The number of nitrogens with one attached hydrogen (secondary N) is 2. The van der Waals surface area contributed by atoms with Gasteiger partial charge in [0.2, 0.25) is 10.0 Å². The fourth-order valence-electron chi connectivity index (χ4n) is 7.65. The summed E-state index contributed by atoms with van der Waals surface area (Å²) >= 11 is 1.36. The molecule has 2 atom stereocenters. The number of hydrogen-bond acceptors (Lipinski definition) is 6. The largest absolute Gasteiger partial charge is 0.365 e. The van der Waals surface area contributed by atoms with Gasteiger partial charge >= 0.3 is 0 Å². The Kier molecular flexibility index (Phi) is 6.42. The van der Waals surface area contributed by atoms with E-state index in [1.54, 1.807) is 4.31 Å². The second-order valence-electron chi connectivity index (χ2n) is 14.0. The first kappa shape index (κ1) is 28.3. The van der Waals surface area contributed by atoms with E-state index < -0.39 is 27.4 Å². The summed E-state index contributed by atoms with van der Waals surface area (Å²) < 4.78 is 28.9. The topological polar surface area (TPSA) is 122 Å². The van der Waals surface area contributed by atoms with E-state index >= 15 is 0 Å². The average Bonchev–Trinajstić information content (AvgIpc) is 3.26. The van der Waals surface area contributed by atoms with Crippen molar-refractivity contribution in [1.82, 2.24) is 9.62 Å². The molecule has 3 heterocycles. The van der Waals surface area contributed by atoms with Crippen LogP contribution in [0.2, 0.25) is 0 Å². The van der Waals surface area contributed by atoms with Crippen molar-refractivity contribution in [3.8, 4) is 0 Å². The van der Waals surface area contributed by atoms with Crippen LogP contribution in [0.25, 0.3) is 0 Å². The van der Waals surface area contributed by atoms with Gasteiger partial charge in [0, 0.05) is 34.1 Å². The van der Waals surface area contributed by atoms with Crippen LogP contribution in [-0.2, 0) is 22.0 Å². The van der Waals surface area contributed by atoms with Crippen molar-refractivity contribution in [2.24, 2.45) is 16.6 Å². The molecule has 1 aromatic heterocycles. The fraction of sp³-hybridized carbons (Fsp3) is 0.586. The Morgan fingerprint density at radius 3 is 2.31 bits per heavy atom. The van der Waals surface area contributed by atoms with Crippen LogP contribution in [0.5, 0.6) is 0 Å². The number of primary amides is 1. The van der Waals surface area contributed by atoms with E-state index in [0.717, 1.165) is 29.7 Å². The van der Waals surface area contributed by atoms with Crippen molar-refractivity contribution in [1.29, 1.82) is 0 Å². The molecule has 2 bridgehead atoms. The Morgan fingerprint density at radius 2 is 1.69 bits per heavy atom. The van der Waals surface area contributed by atoms with Crippen LogP contribution in [0, 0.1) is 10.8 Å². The highest BCUT2D eigenvalue weighted by atomic mass is 32.2. The standard InChI is InChI=1S/C29H40N4O4S2/c1-26(2)12-18-13-29(7,15-26)16-33(18)39(36,37)19-10-8-17(9-11-19)24(35)31-25-21(23(30)34)20-14-27(3,4)32-28(5,6)22(20)38-25/h8-11,18,32H,12-16H2,1-7H3,(H2,30,34)(H,31,35). The number of thiophene rings is 1. The Bertz CT molecular complexity index is 1460. The minimum atomic E-state index is -3.69. The quantitative estimate of drug-likeness (QED) is 0.473. The molecular weight excluding hydrogens is 532 g/mol. The van der Waals surface area contributed by atoms with Crippen molar-refractivity contribution in [3.63, 3.8) is 0 Å². The zero-order valence-electron chi connectivity index (χ0n) is 23.9. The number of carbonyl (C=O) groups is 2. The summed E-state index contributed by atoms with van der Waals surface area (Å²) in [4.78, 5) is 26.9. The zero-order chi connectivity index (χ0) is 28.8. The molecule has 2 unspecified atom stereocenters. The van der Waals surface area contributed by atoms with Gasteiger partial charge in [-0.2, -0.15) is 4.31 Å². The maximum Gasteiger partial charge on any atom is 0.256 e. The first-order chi connectivity index (χ1) is 17.8. The lowest BCUT2D eigenvalue weighted by Gasteiger charge is -2.42. The lowest BCUT2D eigenvalue weighted by atomic mass is 9.65. The highest BCUT2D eigenvalue weighted by Gasteiger charge is 2.53. The molecule has 212 valence electrons. The van der Waals surface area contributed by atoms with E-state index in [0.29, 0.717) is 29.1 Å². The summed E-state index contributed by atoms with van der Waals surface area (Å²) in [7, 11) is -3.69. The number of sulfonamides is 1. The Labute approximate surface area is 235 Å². The molecular formula is C29H40N4O4S2. The number of anilines is 1. The van der Waals surface area contributed by atoms with E-state index in [1.807, 2.05) is 13.8 Å². The second kappa shape index (κ2) is 8.86. The van der Waals surface area contributed by atoms with Gasteiger partial charge in [-0.05, 0) is 94.0 Å². The van der Waals surface area contributed by atoms with Gasteiger partial charge in [-0.15, -0.1) is 11.3 Å². The predicted octanol–water partition coefficient (Wildman–Crippen LogP) is 4.85. The predicted molar refractivity (Wildman–Crippen MR) is 155 cm³/mol. The lowest BCUT2D eigenvalue weighted by Crippen LogP contribution is -2.55. The highest BCUT2D eigenvalue weighted by molar-refractivity contribution is 7.89. The van der Waals surface area contributed by atoms with Gasteiger partial charge in [0.15, 0.2) is 0 Å². The van der Waals surface area contributed by atoms with Crippen molar-refractivity contribution in [3.05, 3.63) is 45.8 Å². The fourth-order valence-corrected chi connectivity index (χ4v) is 10.7. The number of hydrogen-bond donors (Lipinski definition) is 3. The van der Waals surface area contributed by atoms with Crippen LogP contribution < -0.4 is 16.4 Å². The molecule has 4 N–H and O–H groups in total. The van der Waals surface area contributed by atoms with E-state index in [9.17, 15) is 18.0 Å². The molecule has 0 spiro atoms. The third-order valence-electron chi connectivity index (χ3n) is 8.41. The van der Waals surface area contributed by atoms with Gasteiger partial charge < -0.3 is 16.4 Å². The number of carbonyl (C=O) groups excluding carboxylic acids is 2. The Hall–Kier alpha value is -2.27. The molecule has 1 aromatic carbocycles. The van der Waals surface area contributed by atoms with Crippen LogP contribution in [0.4, 0.5) is 5.00 Å². The van der Waals surface area contributed by atoms with Gasteiger partial charge in [-0.1, -0.05) is 20.8 Å². The first-order valence-corrected chi connectivity index (χ1v) is 15.8. The number of amides is 2. The number of fused-ring (bicyclic) bond motifs is 3. The summed E-state index contributed by atoms with van der Waals surface area (Å²) in [5.74, 6) is -0.998. The molecule has 2 fully saturated rings. The lowest BCUT2D eigenvalue weighted by molar-refractivity contribution is 0.0999. The minimum Gasteiger partial charge on any atom is -0.365 e. The van der Waals surface area contributed by atoms with Crippen molar-refractivity contribution in [2.75, 3.05) is 11.9 Å². The van der Waals surface area contributed by atoms with Crippen LogP contribution >= 0.6 is 11.3 Å². The van der Waals surface area contributed by atoms with Crippen LogP contribution in [-0.4, -0.2) is 42.7 Å². The summed E-state index contributed by atoms with van der Waals surface area (Å²) in [6.07, 6.45) is 3.34. The second-order valence-corrected chi connectivity index (χ2v) is 16.9. The van der Waals surface area contributed by atoms with E-state index in [1.165, 1.54) is 35.6 Å². The third kappa shape index (κ3) is 5.05. The van der Waals surface area contributed by atoms with Crippen molar-refractivity contribution >= 4 is 38.2 Å². The Balaban J connectivity index is 1.39. The van der Waals surface area contributed by atoms with Gasteiger partial charge in [0.05, 0.1) is 10.5 Å². The molecule has 1 saturated carbocycles. The summed E-state index contributed by atoms with van der Waals surface area (Å²) in [6.45, 7) is 15.4. The molecule has 10 heteroatoms. The van der Waals surface area contributed by atoms with E-state index in [4.69, 9.17) is 5.73 Å². The molecule has 0 radical (unpaired) electrons. The number of rotatable bonds is 5. The minimum absolute atomic E-state index is 0.00692. The van der Waals surface area contributed by atoms with Crippen molar-refractivity contribution in [2.45, 2.75) is 96.2 Å². The zero-order valence-corrected chi connectivity index (χ0v) is 25.5. The summed E-state index contributed by atoms with van der Waals surface area (Å²) in [5.41, 5.74) is 6.76. The molecule has 39 heavy (non-hydrogen) atoms. The molecule has 3 aliphatic rings. The maximum atomic E-state index is 13.6.